The fourth-order valence-electron chi connectivity index (χ4n) is 3.44. The van der Waals surface area contributed by atoms with Crippen LogP contribution >= 0.6 is 7.82 Å². The zero-order valence-electron chi connectivity index (χ0n) is 18.5. The number of para-hydroxylation sites is 1. The number of aromatic nitrogens is 2. The number of fused-ring (bicyclic) bond motifs is 1. The molecule has 4 aromatic rings. The summed E-state index contributed by atoms with van der Waals surface area (Å²) in [6, 6.07) is 15.5. The van der Waals surface area contributed by atoms with Crippen LogP contribution in [0.25, 0.3) is 10.9 Å². The third kappa shape index (κ3) is 5.61. The summed E-state index contributed by atoms with van der Waals surface area (Å²) in [5.41, 5.74) is 0.283. The molecule has 2 aromatic carbocycles. The van der Waals surface area contributed by atoms with Crippen LogP contribution in [0.4, 0.5) is 5.69 Å². The van der Waals surface area contributed by atoms with Crippen LogP contribution in [0.5, 0.6) is 17.2 Å². The molecule has 0 unspecified atom stereocenters. The second-order valence-corrected chi connectivity index (χ2v) is 8.86. The van der Waals surface area contributed by atoms with Gasteiger partial charge in [0.2, 0.25) is 0 Å². The molecule has 0 spiro atoms. The minimum Gasteiger partial charge on any atom is -0.506 e. The Balaban J connectivity index is 1.64. The predicted molar refractivity (Wildman–Crippen MR) is 127 cm³/mol. The molecule has 5 N–H and O–H groups in total. The molecule has 0 fully saturated rings. The fourth-order valence-corrected chi connectivity index (χ4v) is 3.75. The zero-order valence-corrected chi connectivity index (χ0v) is 19.3. The maximum Gasteiger partial charge on any atom is 0.469 e. The fraction of sp³-hybridized carbons (Fsp3) is 0.130. The van der Waals surface area contributed by atoms with E-state index in [9.17, 15) is 19.7 Å². The van der Waals surface area contributed by atoms with Crippen LogP contribution in [0.1, 0.15) is 16.8 Å². The van der Waals surface area contributed by atoms with Gasteiger partial charge < -0.3 is 30.2 Å². The first kappa shape index (κ1) is 24.2. The van der Waals surface area contributed by atoms with Crippen molar-refractivity contribution < 1.29 is 33.9 Å². The summed E-state index contributed by atoms with van der Waals surface area (Å²) < 4.78 is 21.9. The highest BCUT2D eigenvalue weighted by Crippen LogP contribution is 2.38. The minimum atomic E-state index is -4.76. The second kappa shape index (κ2) is 9.77. The van der Waals surface area contributed by atoms with Gasteiger partial charge in [0.05, 0.1) is 17.8 Å². The number of nitrogens with zero attached hydrogens (tertiary/aromatic N) is 2. The van der Waals surface area contributed by atoms with Gasteiger partial charge >= 0.3 is 13.4 Å². The molecule has 0 bridgehead atoms. The van der Waals surface area contributed by atoms with Gasteiger partial charge in [0.25, 0.3) is 0 Å². The van der Waals surface area contributed by atoms with Crippen LogP contribution in [-0.2, 0) is 22.2 Å². The molecular formula is C23H22N3O8P. The van der Waals surface area contributed by atoms with E-state index in [1.165, 1.54) is 12.3 Å². The number of aromatic hydroxyl groups is 1. The smallest absolute Gasteiger partial charge is 0.469 e. The number of hydrogen-bond acceptors (Lipinski definition) is 8. The molecule has 2 heterocycles. The van der Waals surface area contributed by atoms with Crippen LogP contribution in [0.2, 0.25) is 0 Å². The van der Waals surface area contributed by atoms with Crippen molar-refractivity contribution in [2.75, 3.05) is 5.32 Å². The van der Waals surface area contributed by atoms with Crippen LogP contribution < -0.4 is 15.6 Å². The Morgan fingerprint density at radius 3 is 2.54 bits per heavy atom. The number of pyridine rings is 2. The van der Waals surface area contributed by atoms with Gasteiger partial charge in [-0.15, -0.1) is 4.73 Å². The largest absolute Gasteiger partial charge is 0.506 e. The molecule has 0 saturated carbocycles. The van der Waals surface area contributed by atoms with E-state index in [4.69, 9.17) is 14.5 Å². The summed E-state index contributed by atoms with van der Waals surface area (Å²) in [7, 11) is -4.76. The molecule has 0 saturated heterocycles. The lowest BCUT2D eigenvalue weighted by Gasteiger charge is -2.15. The monoisotopic (exact) mass is 499 g/mol. The SMILES string of the molecule is Cc1ncc(COP(=O)(O)O)c(CNc2cc3cc(Oc4ccccc4)ccc3n(O)c2=O)c1O. The third-order valence-electron chi connectivity index (χ3n) is 5.20. The van der Waals surface area contributed by atoms with Crippen molar-refractivity contribution >= 4 is 24.4 Å². The first-order valence-electron chi connectivity index (χ1n) is 10.3. The van der Waals surface area contributed by atoms with Crippen molar-refractivity contribution in [1.29, 1.82) is 0 Å². The molecule has 0 aliphatic rings. The first-order chi connectivity index (χ1) is 16.6. The highest BCUT2D eigenvalue weighted by molar-refractivity contribution is 7.46. The number of phosphoric acid groups is 1. The molecule has 0 aliphatic carbocycles. The molecule has 11 nitrogen and oxygen atoms in total. The molecule has 182 valence electrons. The van der Waals surface area contributed by atoms with Crippen molar-refractivity contribution in [2.24, 2.45) is 0 Å². The Morgan fingerprint density at radius 2 is 1.83 bits per heavy atom. The number of anilines is 1. The van der Waals surface area contributed by atoms with Crippen molar-refractivity contribution in [3.63, 3.8) is 0 Å². The van der Waals surface area contributed by atoms with Gasteiger partial charge in [-0.2, -0.15) is 0 Å². The van der Waals surface area contributed by atoms with E-state index in [1.807, 2.05) is 18.2 Å². The highest BCUT2D eigenvalue weighted by Gasteiger charge is 2.19. The topological polar surface area (TPSA) is 163 Å². The van der Waals surface area contributed by atoms with Crippen LogP contribution in [0, 0.1) is 6.92 Å². The lowest BCUT2D eigenvalue weighted by atomic mass is 10.1. The lowest BCUT2D eigenvalue weighted by molar-refractivity contribution is 0.187. The molecule has 0 amide bonds. The minimum absolute atomic E-state index is 0.0209. The number of nitrogens with one attached hydrogen (secondary N) is 1. The number of ether oxygens (including phenoxy) is 1. The summed E-state index contributed by atoms with van der Waals surface area (Å²) in [6.45, 7) is 0.928. The molecule has 4 rings (SSSR count). The first-order valence-corrected chi connectivity index (χ1v) is 11.9. The summed E-state index contributed by atoms with van der Waals surface area (Å²) in [6.07, 6.45) is 1.32. The molecule has 12 heteroatoms. The quantitative estimate of drug-likeness (QED) is 0.179. The molecule has 0 atom stereocenters. The predicted octanol–water partition coefficient (Wildman–Crippen LogP) is 3.66. The van der Waals surface area contributed by atoms with E-state index < -0.39 is 20.0 Å². The van der Waals surface area contributed by atoms with Crippen molar-refractivity contribution in [1.82, 2.24) is 9.71 Å². The van der Waals surface area contributed by atoms with Crippen LogP contribution in [0.3, 0.4) is 0 Å². The number of phosphoric ester groups is 1. The Hall–Kier alpha value is -3.89. The van der Waals surface area contributed by atoms with Gasteiger partial charge in [-0.05, 0) is 43.3 Å². The van der Waals surface area contributed by atoms with Gasteiger partial charge in [0, 0.05) is 29.3 Å². The normalized spacial score (nSPS) is 11.5. The lowest BCUT2D eigenvalue weighted by Crippen LogP contribution is -2.22. The maximum atomic E-state index is 12.7. The second-order valence-electron chi connectivity index (χ2n) is 7.62. The third-order valence-corrected chi connectivity index (χ3v) is 5.67. The van der Waals surface area contributed by atoms with Crippen LogP contribution in [0.15, 0.2) is 65.6 Å². The Kier molecular flexibility index (Phi) is 6.77. The summed E-state index contributed by atoms with van der Waals surface area (Å²) in [5, 5.41) is 24.2. The summed E-state index contributed by atoms with van der Waals surface area (Å²) in [4.78, 5) is 34.7. The van der Waals surface area contributed by atoms with Gasteiger partial charge in [0.15, 0.2) is 0 Å². The standard InChI is InChI=1S/C23H22N3O8P/c1-14-22(27)19(16(11-24-14)13-33-35(30,31)32)12-25-20-10-15-9-18(34-17-5-3-2-4-6-17)7-8-21(15)26(29)23(20)28/h2-11,25,27,29H,12-13H2,1H3,(H2,30,31,32). The van der Waals surface area contributed by atoms with E-state index in [0.717, 1.165) is 0 Å². The molecule has 2 aromatic heterocycles. The van der Waals surface area contributed by atoms with Crippen molar-refractivity contribution in [2.45, 2.75) is 20.1 Å². The van der Waals surface area contributed by atoms with Crippen LogP contribution in [-0.4, -0.2) is 29.8 Å². The highest BCUT2D eigenvalue weighted by atomic mass is 31.2. The van der Waals surface area contributed by atoms with E-state index in [0.29, 0.717) is 21.6 Å². The summed E-state index contributed by atoms with van der Waals surface area (Å²) in [5.74, 6) is 0.900. The van der Waals surface area contributed by atoms with Gasteiger partial charge in [-0.25, -0.2) is 4.57 Å². The molecule has 0 aliphatic heterocycles. The number of benzene rings is 2. The van der Waals surface area contributed by atoms with Crippen molar-refractivity contribution in [3.05, 3.63) is 88.0 Å². The van der Waals surface area contributed by atoms with E-state index in [-0.39, 0.29) is 40.3 Å². The van der Waals surface area contributed by atoms with Gasteiger partial charge in [-0.1, -0.05) is 18.2 Å². The molecule has 35 heavy (non-hydrogen) atoms. The molecular weight excluding hydrogens is 477 g/mol. The Morgan fingerprint density at radius 1 is 1.09 bits per heavy atom. The van der Waals surface area contributed by atoms with E-state index in [2.05, 4.69) is 14.8 Å². The van der Waals surface area contributed by atoms with E-state index >= 15 is 0 Å². The Bertz CT molecular complexity index is 1480. The number of hydrogen-bond donors (Lipinski definition) is 5. The average Bonchev–Trinajstić information content (AvgIpc) is 2.82. The van der Waals surface area contributed by atoms with Gasteiger partial charge in [-0.3, -0.25) is 14.3 Å². The average molecular weight is 499 g/mol. The van der Waals surface area contributed by atoms with E-state index in [1.54, 1.807) is 37.3 Å². The number of aryl methyl sites for hydroxylation is 1. The zero-order chi connectivity index (χ0) is 25.2. The van der Waals surface area contributed by atoms with Gasteiger partial charge in [0.1, 0.15) is 22.9 Å². The maximum absolute atomic E-state index is 12.7. The molecule has 0 radical (unpaired) electrons. The van der Waals surface area contributed by atoms with Crippen molar-refractivity contribution in [3.8, 4) is 17.2 Å². The summed E-state index contributed by atoms with van der Waals surface area (Å²) >= 11 is 0. The Labute approximate surface area is 199 Å². The number of rotatable bonds is 8.